The predicted octanol–water partition coefficient (Wildman–Crippen LogP) is 4.47. The summed E-state index contributed by atoms with van der Waals surface area (Å²) in [5.41, 5.74) is 4.76. The van der Waals surface area contributed by atoms with E-state index >= 15 is 0 Å². The highest BCUT2D eigenvalue weighted by atomic mass is 16.2. The number of aryl methyl sites for hydroxylation is 1. The molecule has 0 aliphatic carbocycles. The molecule has 2 aliphatic heterocycles. The van der Waals surface area contributed by atoms with Crippen molar-refractivity contribution in [2.24, 2.45) is 0 Å². The molecule has 0 spiro atoms. The number of fused-ring (bicyclic) bond motifs is 1. The fourth-order valence-corrected chi connectivity index (χ4v) is 5.79. The lowest BCUT2D eigenvalue weighted by molar-refractivity contribution is -0.132. The van der Waals surface area contributed by atoms with Crippen molar-refractivity contribution in [1.82, 2.24) is 14.8 Å². The Morgan fingerprint density at radius 3 is 2.22 bits per heavy atom. The van der Waals surface area contributed by atoms with Gasteiger partial charge in [-0.05, 0) is 55.4 Å². The van der Waals surface area contributed by atoms with Crippen LogP contribution in [0.3, 0.4) is 0 Å². The summed E-state index contributed by atoms with van der Waals surface area (Å²) in [6.07, 6.45) is 1.49. The number of anilines is 3. The highest BCUT2D eigenvalue weighted by molar-refractivity contribution is 6.12. The van der Waals surface area contributed by atoms with E-state index in [0.29, 0.717) is 41.4 Å². The normalized spacial score (nSPS) is 15.3. The van der Waals surface area contributed by atoms with Gasteiger partial charge in [-0.15, -0.1) is 0 Å². The number of para-hydroxylation sites is 2. The van der Waals surface area contributed by atoms with Crippen LogP contribution in [-0.2, 0) is 9.59 Å². The van der Waals surface area contributed by atoms with Gasteiger partial charge in [0.05, 0.1) is 16.9 Å². The summed E-state index contributed by atoms with van der Waals surface area (Å²) in [5, 5.41) is 2.85. The molecule has 0 atom stereocenters. The number of carbonyl (C=O) groups is 4. The number of likely N-dealkylation sites (N-methyl/N-ethyl adjacent to an activating group) is 1. The van der Waals surface area contributed by atoms with Crippen molar-refractivity contribution in [2.45, 2.75) is 13.3 Å². The zero-order valence-electron chi connectivity index (χ0n) is 26.0. The monoisotopic (exact) mass is 616 g/mol. The lowest BCUT2D eigenvalue weighted by Crippen LogP contribution is -2.50. The van der Waals surface area contributed by atoms with Gasteiger partial charge >= 0.3 is 0 Å². The molecule has 0 bridgehead atoms. The molecule has 0 unspecified atom stereocenters. The van der Waals surface area contributed by atoms with E-state index in [2.05, 4.69) is 15.2 Å². The molecular weight excluding hydrogens is 580 g/mol. The molecule has 1 aromatic heterocycles. The number of aromatic nitrogens is 1. The van der Waals surface area contributed by atoms with Crippen LogP contribution < -0.4 is 15.1 Å². The number of hydrogen-bond acceptors (Lipinski definition) is 6. The Morgan fingerprint density at radius 1 is 0.804 bits per heavy atom. The predicted molar refractivity (Wildman–Crippen MR) is 178 cm³/mol. The van der Waals surface area contributed by atoms with E-state index in [1.54, 1.807) is 52.3 Å². The Labute approximate surface area is 268 Å². The average Bonchev–Trinajstić information content (AvgIpc) is 3.21. The summed E-state index contributed by atoms with van der Waals surface area (Å²) in [6.45, 7) is 4.90. The van der Waals surface area contributed by atoms with Crippen LogP contribution in [0, 0.1) is 6.92 Å². The second-order valence-corrected chi connectivity index (χ2v) is 11.7. The van der Waals surface area contributed by atoms with E-state index in [9.17, 15) is 19.2 Å². The summed E-state index contributed by atoms with van der Waals surface area (Å²) in [4.78, 5) is 64.9. The molecule has 10 nitrogen and oxygen atoms in total. The first kappa shape index (κ1) is 30.7. The Kier molecular flexibility index (Phi) is 8.89. The molecule has 6 rings (SSSR count). The number of hydrogen-bond donors (Lipinski definition) is 1. The van der Waals surface area contributed by atoms with Crippen LogP contribution in [0.15, 0.2) is 91.1 Å². The van der Waals surface area contributed by atoms with Gasteiger partial charge < -0.3 is 24.9 Å². The van der Waals surface area contributed by atoms with Crippen LogP contribution >= 0.6 is 0 Å². The first-order chi connectivity index (χ1) is 22.3. The molecule has 2 aliphatic rings. The molecule has 1 saturated heterocycles. The van der Waals surface area contributed by atoms with Crippen molar-refractivity contribution >= 4 is 40.8 Å². The van der Waals surface area contributed by atoms with E-state index in [1.807, 2.05) is 56.4 Å². The minimum absolute atomic E-state index is 0.0679. The second kappa shape index (κ2) is 13.3. The number of piperazine rings is 1. The SMILES string of the molecule is Cc1ccc(-c2ccccc2C(=O)Nc2ccc(C(=O)N3CCC(=O)N(CC(=O)N4CCN(C)CC4)c4ccccc43)cn2)cc1. The fourth-order valence-electron chi connectivity index (χ4n) is 5.79. The molecular formula is C36H36N6O4. The molecule has 4 amide bonds. The Hall–Kier alpha value is -5.35. The number of rotatable bonds is 6. The zero-order chi connectivity index (χ0) is 32.2. The van der Waals surface area contributed by atoms with Crippen LogP contribution in [0.2, 0.25) is 0 Å². The highest BCUT2D eigenvalue weighted by Crippen LogP contribution is 2.34. The Bertz CT molecular complexity index is 1760. The van der Waals surface area contributed by atoms with Crippen LogP contribution in [0.1, 0.15) is 32.7 Å². The molecule has 234 valence electrons. The first-order valence-corrected chi connectivity index (χ1v) is 15.4. The van der Waals surface area contributed by atoms with Crippen molar-refractivity contribution in [1.29, 1.82) is 0 Å². The largest absolute Gasteiger partial charge is 0.339 e. The van der Waals surface area contributed by atoms with Gasteiger partial charge in [-0.2, -0.15) is 0 Å². The summed E-state index contributed by atoms with van der Waals surface area (Å²) in [6, 6.07) is 25.7. The van der Waals surface area contributed by atoms with Gasteiger partial charge in [-0.3, -0.25) is 19.2 Å². The van der Waals surface area contributed by atoms with E-state index in [1.165, 1.54) is 11.1 Å². The minimum atomic E-state index is -0.331. The highest BCUT2D eigenvalue weighted by Gasteiger charge is 2.32. The van der Waals surface area contributed by atoms with E-state index in [0.717, 1.165) is 29.8 Å². The smallest absolute Gasteiger partial charge is 0.259 e. The number of carbonyl (C=O) groups excluding carboxylic acids is 4. The number of nitrogens with one attached hydrogen (secondary N) is 1. The molecule has 4 aromatic rings. The molecule has 1 N–H and O–H groups in total. The van der Waals surface area contributed by atoms with Gasteiger partial charge in [0.2, 0.25) is 11.8 Å². The maximum atomic E-state index is 13.8. The maximum absolute atomic E-state index is 13.8. The van der Waals surface area contributed by atoms with Crippen LogP contribution in [0.5, 0.6) is 0 Å². The molecule has 10 heteroatoms. The molecule has 1 fully saturated rings. The first-order valence-electron chi connectivity index (χ1n) is 15.4. The van der Waals surface area contributed by atoms with Gasteiger partial charge in [0.25, 0.3) is 11.8 Å². The van der Waals surface area contributed by atoms with Crippen molar-refractivity contribution in [3.05, 3.63) is 108 Å². The standard InChI is InChI=1S/C36H36N6O4/c1-25-11-13-26(14-12-25)28-7-3-4-8-29(28)35(45)38-32-16-15-27(23-37-32)36(46)41-18-17-33(43)42(31-10-6-5-9-30(31)41)24-34(44)40-21-19-39(2)20-22-40/h3-16,23H,17-22,24H2,1-2H3,(H,37,38,45). The third kappa shape index (κ3) is 6.52. The number of nitrogens with zero attached hydrogens (tertiary/aromatic N) is 5. The van der Waals surface area contributed by atoms with Crippen molar-refractivity contribution in [2.75, 3.05) is 61.4 Å². The maximum Gasteiger partial charge on any atom is 0.259 e. The lowest BCUT2D eigenvalue weighted by Gasteiger charge is -2.34. The molecule has 3 aromatic carbocycles. The van der Waals surface area contributed by atoms with Crippen LogP contribution in [0.4, 0.5) is 17.2 Å². The third-order valence-electron chi connectivity index (χ3n) is 8.49. The fraction of sp³-hybridized carbons (Fsp3) is 0.250. The molecule has 0 radical (unpaired) electrons. The average molecular weight is 617 g/mol. The molecule has 3 heterocycles. The third-order valence-corrected chi connectivity index (χ3v) is 8.49. The lowest BCUT2D eigenvalue weighted by atomic mass is 9.98. The van der Waals surface area contributed by atoms with Gasteiger partial charge in [-0.25, -0.2) is 4.98 Å². The summed E-state index contributed by atoms with van der Waals surface area (Å²) < 4.78 is 0. The van der Waals surface area contributed by atoms with Crippen molar-refractivity contribution in [3.63, 3.8) is 0 Å². The number of benzene rings is 3. The van der Waals surface area contributed by atoms with Gasteiger partial charge in [-0.1, -0.05) is 60.2 Å². The quantitative estimate of drug-likeness (QED) is 0.343. The van der Waals surface area contributed by atoms with Crippen LogP contribution in [0.25, 0.3) is 11.1 Å². The van der Waals surface area contributed by atoms with E-state index < -0.39 is 0 Å². The van der Waals surface area contributed by atoms with E-state index in [-0.39, 0.29) is 43.1 Å². The minimum Gasteiger partial charge on any atom is -0.339 e. The van der Waals surface area contributed by atoms with E-state index in [4.69, 9.17) is 0 Å². The van der Waals surface area contributed by atoms with Crippen LogP contribution in [-0.4, -0.2) is 84.7 Å². The summed E-state index contributed by atoms with van der Waals surface area (Å²) in [7, 11) is 2.02. The Balaban J connectivity index is 1.18. The van der Waals surface area contributed by atoms with Gasteiger partial charge in [0, 0.05) is 50.9 Å². The number of pyridine rings is 1. The summed E-state index contributed by atoms with van der Waals surface area (Å²) in [5.74, 6) is -0.663. The molecule has 46 heavy (non-hydrogen) atoms. The van der Waals surface area contributed by atoms with Gasteiger partial charge in [0.15, 0.2) is 0 Å². The van der Waals surface area contributed by atoms with Gasteiger partial charge in [0.1, 0.15) is 12.4 Å². The van der Waals surface area contributed by atoms with Crippen molar-refractivity contribution < 1.29 is 19.2 Å². The number of amides is 4. The zero-order valence-corrected chi connectivity index (χ0v) is 26.0. The molecule has 0 saturated carbocycles. The van der Waals surface area contributed by atoms with Crippen molar-refractivity contribution in [3.8, 4) is 11.1 Å². The second-order valence-electron chi connectivity index (χ2n) is 11.7. The Morgan fingerprint density at radius 2 is 1.50 bits per heavy atom. The summed E-state index contributed by atoms with van der Waals surface area (Å²) >= 11 is 0. The topological polar surface area (TPSA) is 106 Å².